The van der Waals surface area contributed by atoms with Crippen molar-refractivity contribution in [2.75, 3.05) is 18.5 Å². The molecule has 0 saturated carbocycles. The first-order valence-corrected chi connectivity index (χ1v) is 7.36. The van der Waals surface area contributed by atoms with Crippen LogP contribution in [0.25, 0.3) is 0 Å². The van der Waals surface area contributed by atoms with Crippen molar-refractivity contribution in [3.63, 3.8) is 0 Å². The predicted molar refractivity (Wildman–Crippen MR) is 76.9 cm³/mol. The highest BCUT2D eigenvalue weighted by molar-refractivity contribution is 8.00. The summed E-state index contributed by atoms with van der Waals surface area (Å²) in [7, 11) is 0. The van der Waals surface area contributed by atoms with Gasteiger partial charge in [0, 0.05) is 22.5 Å². The lowest BCUT2D eigenvalue weighted by Crippen LogP contribution is -2.32. The molecule has 0 aliphatic carbocycles. The number of aliphatic hydroxyl groups is 1. The number of thioether (sulfide) groups is 1. The normalized spacial score (nSPS) is 12.5. The van der Waals surface area contributed by atoms with E-state index in [0.29, 0.717) is 6.54 Å². The van der Waals surface area contributed by atoms with Crippen LogP contribution in [0, 0.1) is 5.41 Å². The van der Waals surface area contributed by atoms with Gasteiger partial charge < -0.3 is 10.4 Å². The van der Waals surface area contributed by atoms with E-state index in [2.05, 4.69) is 5.32 Å². The molecule has 6 heteroatoms. The van der Waals surface area contributed by atoms with E-state index in [1.807, 2.05) is 13.8 Å². The number of anilines is 1. The fourth-order valence-corrected chi connectivity index (χ4v) is 2.38. The number of halogens is 3. The van der Waals surface area contributed by atoms with E-state index in [9.17, 15) is 18.3 Å². The Hall–Kier alpha value is -0.880. The summed E-state index contributed by atoms with van der Waals surface area (Å²) in [6.45, 7) is 4.73. The molecule has 0 spiro atoms. The van der Waals surface area contributed by atoms with Crippen LogP contribution in [0.4, 0.5) is 18.9 Å². The lowest BCUT2D eigenvalue weighted by Gasteiger charge is -2.30. The van der Waals surface area contributed by atoms with Gasteiger partial charge >= 0.3 is 5.51 Å². The minimum Gasteiger partial charge on any atom is -0.396 e. The van der Waals surface area contributed by atoms with Crippen molar-refractivity contribution in [3.8, 4) is 0 Å². The van der Waals surface area contributed by atoms with Crippen molar-refractivity contribution < 1.29 is 18.3 Å². The van der Waals surface area contributed by atoms with Gasteiger partial charge in [0.2, 0.25) is 0 Å². The molecule has 0 aliphatic heterocycles. The number of alkyl halides is 3. The van der Waals surface area contributed by atoms with Gasteiger partial charge in [-0.05, 0) is 48.9 Å². The van der Waals surface area contributed by atoms with Crippen LogP contribution in [-0.2, 0) is 0 Å². The maximum Gasteiger partial charge on any atom is 0.446 e. The largest absolute Gasteiger partial charge is 0.446 e. The van der Waals surface area contributed by atoms with Crippen molar-refractivity contribution >= 4 is 17.4 Å². The molecule has 1 aromatic rings. The molecule has 0 heterocycles. The Balaban J connectivity index is 2.62. The topological polar surface area (TPSA) is 32.3 Å². The highest BCUT2D eigenvalue weighted by Crippen LogP contribution is 2.37. The molecule has 2 nitrogen and oxygen atoms in total. The second-order valence-electron chi connectivity index (χ2n) is 4.79. The molecule has 0 bridgehead atoms. The summed E-state index contributed by atoms with van der Waals surface area (Å²) in [5.41, 5.74) is -3.68. The molecule has 1 aromatic carbocycles. The summed E-state index contributed by atoms with van der Waals surface area (Å²) < 4.78 is 36.6. The van der Waals surface area contributed by atoms with Gasteiger partial charge in [-0.3, -0.25) is 0 Å². The summed E-state index contributed by atoms with van der Waals surface area (Å²) in [4.78, 5) is 0.169. The molecule has 1 rings (SSSR count). The lowest BCUT2D eigenvalue weighted by molar-refractivity contribution is -0.0328. The fraction of sp³-hybridized carbons (Fsp3) is 0.571. The third kappa shape index (κ3) is 5.25. The minimum absolute atomic E-state index is 0.0923. The molecule has 0 amide bonds. The average molecular weight is 307 g/mol. The maximum atomic E-state index is 12.2. The Morgan fingerprint density at radius 3 is 2.05 bits per heavy atom. The number of hydrogen-bond acceptors (Lipinski definition) is 3. The number of benzene rings is 1. The van der Waals surface area contributed by atoms with Crippen molar-refractivity contribution in [1.29, 1.82) is 0 Å². The van der Waals surface area contributed by atoms with Crippen LogP contribution in [0.3, 0.4) is 0 Å². The van der Waals surface area contributed by atoms with Gasteiger partial charge in [0.05, 0.1) is 6.61 Å². The van der Waals surface area contributed by atoms with Crippen LogP contribution in [-0.4, -0.2) is 23.8 Å². The molecule has 114 valence electrons. The van der Waals surface area contributed by atoms with E-state index >= 15 is 0 Å². The van der Waals surface area contributed by atoms with Crippen molar-refractivity contribution in [2.24, 2.45) is 5.41 Å². The quantitative estimate of drug-likeness (QED) is 0.727. The Labute approximate surface area is 121 Å². The van der Waals surface area contributed by atoms with E-state index in [0.717, 1.165) is 18.5 Å². The Bertz CT molecular complexity index is 394. The van der Waals surface area contributed by atoms with E-state index in [1.165, 1.54) is 12.1 Å². The zero-order valence-electron chi connectivity index (χ0n) is 11.6. The van der Waals surface area contributed by atoms with Crippen LogP contribution in [0.2, 0.25) is 0 Å². The first kappa shape index (κ1) is 17.2. The van der Waals surface area contributed by atoms with E-state index in [-0.39, 0.29) is 28.7 Å². The van der Waals surface area contributed by atoms with Crippen LogP contribution >= 0.6 is 11.8 Å². The number of hydrogen-bond donors (Lipinski definition) is 2. The highest BCUT2D eigenvalue weighted by atomic mass is 32.2. The van der Waals surface area contributed by atoms with Crippen LogP contribution in [0.5, 0.6) is 0 Å². The van der Waals surface area contributed by atoms with Crippen LogP contribution in [0.15, 0.2) is 29.2 Å². The standard InChI is InChI=1S/C14H20F3NOS/c1-3-13(4-2,10-19)9-18-11-5-7-12(8-6-11)20-14(15,16)17/h5-8,18-19H,3-4,9-10H2,1-2H3. The van der Waals surface area contributed by atoms with Gasteiger partial charge in [0.25, 0.3) is 0 Å². The van der Waals surface area contributed by atoms with Crippen molar-refractivity contribution in [2.45, 2.75) is 37.1 Å². The Morgan fingerprint density at radius 2 is 1.65 bits per heavy atom. The minimum atomic E-state index is -4.26. The zero-order valence-corrected chi connectivity index (χ0v) is 12.4. The molecular weight excluding hydrogens is 287 g/mol. The first-order valence-electron chi connectivity index (χ1n) is 6.54. The highest BCUT2D eigenvalue weighted by Gasteiger charge is 2.29. The van der Waals surface area contributed by atoms with Gasteiger partial charge in [-0.15, -0.1) is 0 Å². The second kappa shape index (κ2) is 7.22. The molecular formula is C14H20F3NOS. The number of aliphatic hydroxyl groups excluding tert-OH is 1. The Morgan fingerprint density at radius 1 is 1.10 bits per heavy atom. The summed E-state index contributed by atoms with van der Waals surface area (Å²) >= 11 is -0.121. The summed E-state index contributed by atoms with van der Waals surface area (Å²) in [6.07, 6.45) is 1.68. The first-order chi connectivity index (χ1) is 9.34. The molecule has 0 atom stereocenters. The van der Waals surface area contributed by atoms with Crippen molar-refractivity contribution in [1.82, 2.24) is 0 Å². The van der Waals surface area contributed by atoms with Crippen molar-refractivity contribution in [3.05, 3.63) is 24.3 Å². The third-order valence-corrected chi connectivity index (χ3v) is 4.33. The molecule has 0 radical (unpaired) electrons. The molecule has 0 unspecified atom stereocenters. The van der Waals surface area contributed by atoms with E-state index in [4.69, 9.17) is 0 Å². The summed E-state index contributed by atoms with van der Waals surface area (Å²) in [6, 6.07) is 6.14. The monoisotopic (exact) mass is 307 g/mol. The molecule has 0 fully saturated rings. The smallest absolute Gasteiger partial charge is 0.396 e. The van der Waals surface area contributed by atoms with Gasteiger partial charge in [-0.1, -0.05) is 13.8 Å². The lowest BCUT2D eigenvalue weighted by atomic mass is 9.83. The van der Waals surface area contributed by atoms with Crippen LogP contribution < -0.4 is 5.32 Å². The van der Waals surface area contributed by atoms with Gasteiger partial charge in [0.15, 0.2) is 0 Å². The molecule has 0 saturated heterocycles. The number of rotatable bonds is 7. The second-order valence-corrected chi connectivity index (χ2v) is 5.93. The molecule has 2 N–H and O–H groups in total. The summed E-state index contributed by atoms with van der Waals surface area (Å²) in [5, 5.41) is 12.6. The number of nitrogens with one attached hydrogen (secondary N) is 1. The molecule has 0 aromatic heterocycles. The van der Waals surface area contributed by atoms with E-state index < -0.39 is 5.51 Å². The average Bonchev–Trinajstić information content (AvgIpc) is 2.41. The van der Waals surface area contributed by atoms with Crippen LogP contribution in [0.1, 0.15) is 26.7 Å². The molecule has 0 aliphatic rings. The zero-order chi connectivity index (χ0) is 15.2. The molecule has 20 heavy (non-hydrogen) atoms. The SMILES string of the molecule is CCC(CC)(CO)CNc1ccc(SC(F)(F)F)cc1. The fourth-order valence-electron chi connectivity index (χ4n) is 1.84. The van der Waals surface area contributed by atoms with Gasteiger partial charge in [-0.2, -0.15) is 13.2 Å². The predicted octanol–water partition coefficient (Wildman–Crippen LogP) is 4.51. The summed E-state index contributed by atoms with van der Waals surface area (Å²) in [5.74, 6) is 0. The maximum absolute atomic E-state index is 12.2. The third-order valence-electron chi connectivity index (χ3n) is 3.59. The Kier molecular flexibility index (Phi) is 6.20. The van der Waals surface area contributed by atoms with Gasteiger partial charge in [-0.25, -0.2) is 0 Å². The van der Waals surface area contributed by atoms with Gasteiger partial charge in [0.1, 0.15) is 0 Å². The van der Waals surface area contributed by atoms with E-state index in [1.54, 1.807) is 12.1 Å².